The molecule has 0 spiro atoms. The Labute approximate surface area is 117 Å². The van der Waals surface area contributed by atoms with Crippen LogP contribution in [0.4, 0.5) is 11.4 Å². The molecule has 19 heavy (non-hydrogen) atoms. The van der Waals surface area contributed by atoms with Gasteiger partial charge in [-0.3, -0.25) is 10.1 Å². The third-order valence-corrected chi connectivity index (χ3v) is 4.04. The minimum Gasteiger partial charge on any atom is -0.375 e. The molecule has 0 bridgehead atoms. The zero-order valence-electron chi connectivity index (χ0n) is 10.6. The van der Waals surface area contributed by atoms with Crippen LogP contribution in [0.5, 0.6) is 0 Å². The lowest BCUT2D eigenvalue weighted by molar-refractivity contribution is -0.384. The van der Waals surface area contributed by atoms with Gasteiger partial charge in [0.25, 0.3) is 5.69 Å². The van der Waals surface area contributed by atoms with Gasteiger partial charge in [0.2, 0.25) is 0 Å². The second-order valence-corrected chi connectivity index (χ2v) is 5.33. The summed E-state index contributed by atoms with van der Waals surface area (Å²) >= 11 is 6.09. The van der Waals surface area contributed by atoms with E-state index in [4.69, 9.17) is 17.3 Å². The number of nitrogens with zero attached hydrogens (tertiary/aromatic N) is 1. The highest BCUT2D eigenvalue weighted by Crippen LogP contribution is 2.35. The molecule has 6 heteroatoms. The van der Waals surface area contributed by atoms with Gasteiger partial charge in [-0.1, -0.05) is 30.5 Å². The molecule has 5 nitrogen and oxygen atoms in total. The Balaban J connectivity index is 2.24. The van der Waals surface area contributed by atoms with Crippen LogP contribution < -0.4 is 11.1 Å². The van der Waals surface area contributed by atoms with E-state index in [2.05, 4.69) is 5.32 Å². The molecule has 1 aliphatic carbocycles. The van der Waals surface area contributed by atoms with E-state index in [9.17, 15) is 10.1 Å². The van der Waals surface area contributed by atoms with E-state index in [0.29, 0.717) is 23.2 Å². The quantitative estimate of drug-likeness (QED) is 0.657. The number of halogens is 1. The summed E-state index contributed by atoms with van der Waals surface area (Å²) in [5, 5.41) is 14.7. The smallest absolute Gasteiger partial charge is 0.293 e. The molecule has 0 aromatic heterocycles. The maximum Gasteiger partial charge on any atom is 0.293 e. The van der Waals surface area contributed by atoms with Crippen LogP contribution in [-0.4, -0.2) is 17.5 Å². The number of nitro groups is 1. The lowest BCUT2D eigenvalue weighted by atomic mass is 9.84. The van der Waals surface area contributed by atoms with Gasteiger partial charge in [0.1, 0.15) is 5.69 Å². The average molecular weight is 284 g/mol. The fourth-order valence-corrected chi connectivity index (χ4v) is 2.90. The van der Waals surface area contributed by atoms with E-state index in [1.165, 1.54) is 12.5 Å². The van der Waals surface area contributed by atoms with E-state index in [1.807, 2.05) is 0 Å². The lowest BCUT2D eigenvalue weighted by Crippen LogP contribution is -2.36. The molecule has 1 aromatic carbocycles. The second kappa shape index (κ2) is 6.21. The summed E-state index contributed by atoms with van der Waals surface area (Å²) in [6.07, 6.45) is 4.33. The SMILES string of the molecule is NCC1CCCCC1Nc1c(Cl)cccc1[N+](=O)[O-]. The van der Waals surface area contributed by atoms with Crippen LogP contribution in [0.25, 0.3) is 0 Å². The average Bonchev–Trinajstić information content (AvgIpc) is 2.41. The Morgan fingerprint density at radius 2 is 2.16 bits per heavy atom. The maximum absolute atomic E-state index is 11.0. The van der Waals surface area contributed by atoms with Gasteiger partial charge in [0, 0.05) is 12.1 Å². The van der Waals surface area contributed by atoms with Gasteiger partial charge < -0.3 is 11.1 Å². The van der Waals surface area contributed by atoms with Gasteiger partial charge in [-0.05, 0) is 31.4 Å². The predicted molar refractivity (Wildman–Crippen MR) is 76.5 cm³/mol. The third-order valence-electron chi connectivity index (χ3n) is 3.73. The Kier molecular flexibility index (Phi) is 4.61. The molecule has 2 atom stereocenters. The van der Waals surface area contributed by atoms with E-state index in [-0.39, 0.29) is 11.7 Å². The maximum atomic E-state index is 11.0. The molecule has 0 radical (unpaired) electrons. The molecule has 1 aliphatic rings. The summed E-state index contributed by atoms with van der Waals surface area (Å²) in [7, 11) is 0. The molecule has 1 fully saturated rings. The minimum absolute atomic E-state index is 0.0221. The highest BCUT2D eigenvalue weighted by Gasteiger charge is 2.27. The molecule has 0 amide bonds. The van der Waals surface area contributed by atoms with Crippen LogP contribution in [-0.2, 0) is 0 Å². The lowest BCUT2D eigenvalue weighted by Gasteiger charge is -2.32. The van der Waals surface area contributed by atoms with Crippen molar-refractivity contribution < 1.29 is 4.92 Å². The van der Waals surface area contributed by atoms with Crippen molar-refractivity contribution in [3.05, 3.63) is 33.3 Å². The highest BCUT2D eigenvalue weighted by atomic mass is 35.5. The van der Waals surface area contributed by atoms with Crippen LogP contribution in [0.2, 0.25) is 5.02 Å². The molecule has 0 heterocycles. The monoisotopic (exact) mass is 283 g/mol. The number of benzene rings is 1. The predicted octanol–water partition coefficient (Wildman–Crippen LogP) is 3.18. The third kappa shape index (κ3) is 3.16. The molecule has 104 valence electrons. The number of para-hydroxylation sites is 1. The summed E-state index contributed by atoms with van der Waals surface area (Å²) < 4.78 is 0. The first-order chi connectivity index (χ1) is 9.13. The first-order valence-corrected chi connectivity index (χ1v) is 6.90. The molecule has 2 unspecified atom stereocenters. The molecule has 0 aliphatic heterocycles. The van der Waals surface area contributed by atoms with Crippen molar-refractivity contribution in [2.45, 2.75) is 31.7 Å². The summed E-state index contributed by atoms with van der Waals surface area (Å²) in [4.78, 5) is 10.6. The minimum atomic E-state index is -0.408. The highest BCUT2D eigenvalue weighted by molar-refractivity contribution is 6.33. The number of rotatable bonds is 4. The van der Waals surface area contributed by atoms with Gasteiger partial charge in [0.05, 0.1) is 9.95 Å². The molecule has 1 aromatic rings. The summed E-state index contributed by atoms with van der Waals surface area (Å²) in [6, 6.07) is 4.89. The number of nitrogens with two attached hydrogens (primary N) is 1. The van der Waals surface area contributed by atoms with Crippen LogP contribution in [0.3, 0.4) is 0 Å². The van der Waals surface area contributed by atoms with Crippen LogP contribution in [0, 0.1) is 16.0 Å². The van der Waals surface area contributed by atoms with Crippen molar-refractivity contribution in [1.29, 1.82) is 0 Å². The van der Waals surface area contributed by atoms with Crippen molar-refractivity contribution in [2.75, 3.05) is 11.9 Å². The molecule has 3 N–H and O–H groups in total. The summed E-state index contributed by atoms with van der Waals surface area (Å²) in [5.41, 5.74) is 6.21. The van der Waals surface area contributed by atoms with E-state index in [1.54, 1.807) is 12.1 Å². The van der Waals surface area contributed by atoms with Crippen LogP contribution in [0.1, 0.15) is 25.7 Å². The van der Waals surface area contributed by atoms with Crippen molar-refractivity contribution in [3.8, 4) is 0 Å². The fraction of sp³-hybridized carbons (Fsp3) is 0.538. The summed E-state index contributed by atoms with van der Waals surface area (Å²) in [5.74, 6) is 0.352. The van der Waals surface area contributed by atoms with Gasteiger partial charge in [-0.25, -0.2) is 0 Å². The molecule has 0 saturated heterocycles. The van der Waals surface area contributed by atoms with Gasteiger partial charge in [-0.2, -0.15) is 0 Å². The van der Waals surface area contributed by atoms with E-state index < -0.39 is 4.92 Å². The summed E-state index contributed by atoms with van der Waals surface area (Å²) in [6.45, 7) is 0.593. The number of hydrogen-bond donors (Lipinski definition) is 2. The number of anilines is 1. The zero-order valence-corrected chi connectivity index (χ0v) is 11.4. The molecular weight excluding hydrogens is 266 g/mol. The normalized spacial score (nSPS) is 23.1. The Morgan fingerprint density at radius 1 is 1.42 bits per heavy atom. The van der Waals surface area contributed by atoms with E-state index >= 15 is 0 Å². The number of nitrogens with one attached hydrogen (secondary N) is 1. The zero-order chi connectivity index (χ0) is 13.8. The Morgan fingerprint density at radius 3 is 2.84 bits per heavy atom. The first-order valence-electron chi connectivity index (χ1n) is 6.53. The van der Waals surface area contributed by atoms with E-state index in [0.717, 1.165) is 19.3 Å². The van der Waals surface area contributed by atoms with Crippen molar-refractivity contribution in [2.24, 2.45) is 11.7 Å². The number of nitro benzene ring substituents is 1. The second-order valence-electron chi connectivity index (χ2n) is 4.92. The Bertz CT molecular complexity index is 467. The van der Waals surface area contributed by atoms with Crippen molar-refractivity contribution >= 4 is 23.0 Å². The number of hydrogen-bond acceptors (Lipinski definition) is 4. The fourth-order valence-electron chi connectivity index (χ4n) is 2.67. The van der Waals surface area contributed by atoms with Crippen molar-refractivity contribution in [3.63, 3.8) is 0 Å². The van der Waals surface area contributed by atoms with Gasteiger partial charge in [0.15, 0.2) is 0 Å². The van der Waals surface area contributed by atoms with Gasteiger partial charge in [-0.15, -0.1) is 0 Å². The van der Waals surface area contributed by atoms with Crippen LogP contribution in [0.15, 0.2) is 18.2 Å². The topological polar surface area (TPSA) is 81.2 Å². The van der Waals surface area contributed by atoms with Crippen LogP contribution >= 0.6 is 11.6 Å². The van der Waals surface area contributed by atoms with Crippen molar-refractivity contribution in [1.82, 2.24) is 0 Å². The molecular formula is C13H18ClN3O2. The molecule has 2 rings (SSSR count). The first kappa shape index (κ1) is 14.1. The largest absolute Gasteiger partial charge is 0.375 e. The Hall–Kier alpha value is -1.33. The standard InChI is InChI=1S/C13H18ClN3O2/c14-10-5-3-7-12(17(18)19)13(10)16-11-6-2-1-4-9(11)8-15/h3,5,7,9,11,16H,1-2,4,6,8,15H2. The van der Waals surface area contributed by atoms with Gasteiger partial charge >= 0.3 is 0 Å². The molecule has 1 saturated carbocycles.